The Hall–Kier alpha value is -3.12. The number of carbonyl (C=O) groups is 1. The molecule has 1 unspecified atom stereocenters. The number of hydrogen-bond donors (Lipinski definition) is 3. The molecule has 32 heavy (non-hydrogen) atoms. The summed E-state index contributed by atoms with van der Waals surface area (Å²) in [6, 6.07) is 7.02. The Balaban J connectivity index is 1.76. The quantitative estimate of drug-likeness (QED) is 0.471. The summed E-state index contributed by atoms with van der Waals surface area (Å²) in [6.45, 7) is 6.40. The fraction of sp³-hybridized carbons (Fsp3) is 0.348. The average molecular weight is 455 g/mol. The Morgan fingerprint density at radius 2 is 2.06 bits per heavy atom. The van der Waals surface area contributed by atoms with Gasteiger partial charge in [-0.3, -0.25) is 9.48 Å². The number of nitrogens with one attached hydrogen (secondary N) is 1. The molecule has 0 spiro atoms. The number of pyridine rings is 1. The van der Waals surface area contributed by atoms with Crippen molar-refractivity contribution in [1.82, 2.24) is 25.0 Å². The summed E-state index contributed by atoms with van der Waals surface area (Å²) in [5, 5.41) is 19.5. The first-order chi connectivity index (χ1) is 15.3. The molecule has 1 aromatic carbocycles. The Kier molecular flexibility index (Phi) is 7.70. The standard InChI is InChI=1S/C23H27ClN6O2/c1-4-30(5-2)14-18(31)13-27-23(32)21-11-17(28-29(21)3)8-9-19-20-10-16(24)7-6-15(20)12-26-22(19)25/h6-7,10-12,18,31H,4-5,13-14H2,1-3H3,(H2,25,26)(H,27,32). The van der Waals surface area contributed by atoms with Gasteiger partial charge in [0.05, 0.1) is 11.7 Å². The Bertz CT molecular complexity index is 1170. The van der Waals surface area contributed by atoms with Gasteiger partial charge in [0.15, 0.2) is 0 Å². The maximum atomic E-state index is 12.6. The minimum atomic E-state index is -0.653. The van der Waals surface area contributed by atoms with Crippen LogP contribution in [0.3, 0.4) is 0 Å². The smallest absolute Gasteiger partial charge is 0.269 e. The van der Waals surface area contributed by atoms with Crippen LogP contribution in [0.2, 0.25) is 5.02 Å². The molecule has 2 aromatic heterocycles. The van der Waals surface area contributed by atoms with E-state index in [9.17, 15) is 9.90 Å². The van der Waals surface area contributed by atoms with E-state index in [-0.39, 0.29) is 12.5 Å². The zero-order valence-corrected chi connectivity index (χ0v) is 19.1. The van der Waals surface area contributed by atoms with E-state index in [1.165, 1.54) is 4.68 Å². The second kappa shape index (κ2) is 10.5. The number of halogens is 1. The van der Waals surface area contributed by atoms with Crippen molar-refractivity contribution in [2.45, 2.75) is 20.0 Å². The van der Waals surface area contributed by atoms with Crippen LogP contribution >= 0.6 is 11.6 Å². The molecule has 3 rings (SSSR count). The van der Waals surface area contributed by atoms with Crippen molar-refractivity contribution in [2.75, 3.05) is 31.9 Å². The number of likely N-dealkylation sites (N-methyl/N-ethyl adjacent to an activating group) is 1. The number of carbonyl (C=O) groups excluding carboxylic acids is 1. The van der Waals surface area contributed by atoms with Crippen molar-refractivity contribution in [3.63, 3.8) is 0 Å². The predicted molar refractivity (Wildman–Crippen MR) is 126 cm³/mol. The number of amides is 1. The number of aromatic nitrogens is 3. The summed E-state index contributed by atoms with van der Waals surface area (Å²) in [4.78, 5) is 18.8. The molecule has 0 saturated carbocycles. The number of hydrogen-bond acceptors (Lipinski definition) is 6. The van der Waals surface area contributed by atoms with E-state index in [1.807, 2.05) is 19.9 Å². The topological polar surface area (TPSA) is 109 Å². The van der Waals surface area contributed by atoms with E-state index >= 15 is 0 Å². The molecule has 2 heterocycles. The number of fused-ring (bicyclic) bond motifs is 1. The molecule has 168 valence electrons. The van der Waals surface area contributed by atoms with Gasteiger partial charge >= 0.3 is 0 Å². The van der Waals surface area contributed by atoms with E-state index < -0.39 is 6.10 Å². The lowest BCUT2D eigenvalue weighted by Crippen LogP contribution is -2.40. The van der Waals surface area contributed by atoms with Gasteiger partial charge in [-0.1, -0.05) is 37.4 Å². The third-order valence-corrected chi connectivity index (χ3v) is 5.41. The van der Waals surface area contributed by atoms with Crippen molar-refractivity contribution in [1.29, 1.82) is 0 Å². The molecule has 3 aromatic rings. The molecule has 1 amide bonds. The van der Waals surface area contributed by atoms with Gasteiger partial charge in [0.1, 0.15) is 17.2 Å². The first-order valence-corrected chi connectivity index (χ1v) is 10.8. The lowest BCUT2D eigenvalue weighted by molar-refractivity contribution is 0.0861. The van der Waals surface area contributed by atoms with Crippen LogP contribution in [0.15, 0.2) is 30.5 Å². The monoisotopic (exact) mass is 454 g/mol. The van der Waals surface area contributed by atoms with Gasteiger partial charge in [-0.15, -0.1) is 0 Å². The second-order valence-electron chi connectivity index (χ2n) is 7.39. The number of aliphatic hydroxyl groups excluding tert-OH is 1. The van der Waals surface area contributed by atoms with Crippen LogP contribution in [0, 0.1) is 11.8 Å². The number of aryl methyl sites for hydroxylation is 1. The number of nitrogen functional groups attached to an aromatic ring is 1. The van der Waals surface area contributed by atoms with Gasteiger partial charge < -0.3 is 21.1 Å². The first kappa shape index (κ1) is 23.5. The minimum Gasteiger partial charge on any atom is -0.390 e. The molecule has 0 aliphatic heterocycles. The first-order valence-electron chi connectivity index (χ1n) is 10.4. The minimum absolute atomic E-state index is 0.153. The van der Waals surface area contributed by atoms with Crippen molar-refractivity contribution >= 4 is 34.1 Å². The fourth-order valence-corrected chi connectivity index (χ4v) is 3.52. The lowest BCUT2D eigenvalue weighted by Gasteiger charge is -2.21. The summed E-state index contributed by atoms with van der Waals surface area (Å²) < 4.78 is 1.46. The van der Waals surface area contributed by atoms with Crippen molar-refractivity contribution in [3.05, 3.63) is 52.4 Å². The highest BCUT2D eigenvalue weighted by Crippen LogP contribution is 2.24. The molecule has 0 bridgehead atoms. The molecule has 1 atom stereocenters. The van der Waals surface area contributed by atoms with Crippen LogP contribution < -0.4 is 11.1 Å². The van der Waals surface area contributed by atoms with Crippen LogP contribution in [0.1, 0.15) is 35.6 Å². The van der Waals surface area contributed by atoms with Crippen LogP contribution in [-0.4, -0.2) is 63.0 Å². The summed E-state index contributed by atoms with van der Waals surface area (Å²) in [5.74, 6) is 5.93. The molecule has 9 heteroatoms. The van der Waals surface area contributed by atoms with Gasteiger partial charge in [0.2, 0.25) is 0 Å². The number of aliphatic hydroxyl groups is 1. The molecule has 0 saturated heterocycles. The number of anilines is 1. The summed E-state index contributed by atoms with van der Waals surface area (Å²) in [6.07, 6.45) is 1.02. The largest absolute Gasteiger partial charge is 0.390 e. The molecular formula is C23H27ClN6O2. The summed E-state index contributed by atoms with van der Waals surface area (Å²) in [5.41, 5.74) is 7.35. The van der Waals surface area contributed by atoms with E-state index in [2.05, 4.69) is 32.1 Å². The third kappa shape index (κ3) is 5.56. The van der Waals surface area contributed by atoms with Crippen molar-refractivity contribution in [3.8, 4) is 11.8 Å². The second-order valence-corrected chi connectivity index (χ2v) is 7.82. The van der Waals surface area contributed by atoms with E-state index in [4.69, 9.17) is 17.3 Å². The van der Waals surface area contributed by atoms with E-state index in [1.54, 1.807) is 31.4 Å². The number of nitrogens with zero attached hydrogens (tertiary/aromatic N) is 4. The molecule has 8 nitrogen and oxygen atoms in total. The highest BCUT2D eigenvalue weighted by molar-refractivity contribution is 6.31. The van der Waals surface area contributed by atoms with Gasteiger partial charge in [-0.05, 0) is 31.1 Å². The van der Waals surface area contributed by atoms with E-state index in [0.717, 1.165) is 23.9 Å². The number of nitrogens with two attached hydrogens (primary N) is 1. The molecule has 0 radical (unpaired) electrons. The Morgan fingerprint density at radius 3 is 2.78 bits per heavy atom. The van der Waals surface area contributed by atoms with Crippen LogP contribution in [0.4, 0.5) is 5.82 Å². The fourth-order valence-electron chi connectivity index (χ4n) is 3.34. The third-order valence-electron chi connectivity index (χ3n) is 5.17. The SMILES string of the molecule is CCN(CC)CC(O)CNC(=O)c1cc(C#Cc2c(N)ncc3ccc(Cl)cc23)nn1C. The normalized spacial score (nSPS) is 11.9. The maximum Gasteiger partial charge on any atom is 0.269 e. The Morgan fingerprint density at radius 1 is 1.31 bits per heavy atom. The lowest BCUT2D eigenvalue weighted by atomic mass is 10.1. The highest BCUT2D eigenvalue weighted by Gasteiger charge is 2.15. The number of benzene rings is 1. The van der Waals surface area contributed by atoms with Crippen molar-refractivity contribution < 1.29 is 9.90 Å². The summed E-state index contributed by atoms with van der Waals surface area (Å²) in [7, 11) is 1.67. The molecule has 0 fully saturated rings. The molecule has 4 N–H and O–H groups in total. The van der Waals surface area contributed by atoms with E-state index in [0.29, 0.717) is 34.3 Å². The molecule has 0 aliphatic rings. The van der Waals surface area contributed by atoms with Crippen LogP contribution in [-0.2, 0) is 7.05 Å². The zero-order chi connectivity index (χ0) is 23.3. The maximum absolute atomic E-state index is 12.6. The predicted octanol–water partition coefficient (Wildman–Crippen LogP) is 2.04. The van der Waals surface area contributed by atoms with Crippen LogP contribution in [0.25, 0.3) is 10.8 Å². The summed E-state index contributed by atoms with van der Waals surface area (Å²) >= 11 is 6.13. The van der Waals surface area contributed by atoms with Gasteiger partial charge in [-0.25, -0.2) is 4.98 Å². The number of rotatable bonds is 7. The zero-order valence-electron chi connectivity index (χ0n) is 18.4. The van der Waals surface area contributed by atoms with Crippen LogP contribution in [0.5, 0.6) is 0 Å². The average Bonchev–Trinajstić information content (AvgIpc) is 3.15. The highest BCUT2D eigenvalue weighted by atomic mass is 35.5. The van der Waals surface area contributed by atoms with Gasteiger partial charge in [-0.2, -0.15) is 5.10 Å². The van der Waals surface area contributed by atoms with Gasteiger partial charge in [0.25, 0.3) is 5.91 Å². The van der Waals surface area contributed by atoms with Crippen molar-refractivity contribution in [2.24, 2.45) is 7.05 Å². The molecule has 0 aliphatic carbocycles. The molecular weight excluding hydrogens is 428 g/mol. The van der Waals surface area contributed by atoms with Gasteiger partial charge in [0, 0.05) is 48.2 Å². The Labute approximate surface area is 192 Å².